The second-order valence-corrected chi connectivity index (χ2v) is 39.9. The van der Waals surface area contributed by atoms with E-state index in [1.54, 1.807) is 89.3 Å². The van der Waals surface area contributed by atoms with Crippen LogP contribution in [-0.4, -0.2) is 184 Å². The van der Waals surface area contributed by atoms with Crippen LogP contribution >= 0.6 is 11.3 Å². The molecule has 1 saturated heterocycles. The lowest BCUT2D eigenvalue weighted by Gasteiger charge is -2.46. The van der Waals surface area contributed by atoms with Gasteiger partial charge in [-0.3, -0.25) is 73.3 Å². The highest BCUT2D eigenvalue weighted by Gasteiger charge is 2.53. The van der Waals surface area contributed by atoms with E-state index in [4.69, 9.17) is 53.8 Å². The highest BCUT2D eigenvalue weighted by molar-refractivity contribution is 7.94. The van der Waals surface area contributed by atoms with Gasteiger partial charge in [0.25, 0.3) is 23.4 Å². The van der Waals surface area contributed by atoms with Gasteiger partial charge < -0.3 is 49.0 Å². The van der Waals surface area contributed by atoms with Gasteiger partial charge >= 0.3 is 0 Å². The van der Waals surface area contributed by atoms with E-state index in [1.165, 1.54) is 104 Å². The van der Waals surface area contributed by atoms with Gasteiger partial charge in [0.2, 0.25) is 17.7 Å². The molecule has 20 rings (SSSR count). The quantitative estimate of drug-likeness (QED) is 0.0275. The Morgan fingerprint density at radius 2 is 1.19 bits per heavy atom. The van der Waals surface area contributed by atoms with Crippen LogP contribution in [0.1, 0.15) is 155 Å². The number of hydrogen-bond acceptors (Lipinski definition) is 26. The summed E-state index contributed by atoms with van der Waals surface area (Å²) in [5, 5.41) is 18.0. The molecule has 1 aliphatic carbocycles. The van der Waals surface area contributed by atoms with E-state index in [1.807, 2.05) is 195 Å². The van der Waals surface area contributed by atoms with Crippen molar-refractivity contribution in [2.75, 3.05) is 54.4 Å². The minimum absolute atomic E-state index is 0.0884. The Hall–Kier alpha value is -15.5. The third kappa shape index (κ3) is 20.6. The highest BCUT2D eigenvalue weighted by Crippen LogP contribution is 2.50. The molecule has 11 heterocycles. The first-order valence-corrected chi connectivity index (χ1v) is 49.6. The largest absolute Gasteiger partial charge is 0.464 e. The smallest absolute Gasteiger partial charge is 0.288 e. The van der Waals surface area contributed by atoms with Gasteiger partial charge in [0.05, 0.1) is 52.5 Å². The molecule has 13 N–H and O–H groups in total. The van der Waals surface area contributed by atoms with Crippen molar-refractivity contribution in [3.05, 3.63) is 349 Å². The second-order valence-electron chi connectivity index (χ2n) is 37.2. The summed E-state index contributed by atoms with van der Waals surface area (Å²) in [5.74, 6) is 0.109. The number of likely N-dealkylation sites (N-methyl/N-ethyl adjacent to an activating group) is 2. The third-order valence-corrected chi connectivity index (χ3v) is 30.4. The molecular weight excluding hydrogens is 1830 g/mol. The molecule has 1 saturated carbocycles. The van der Waals surface area contributed by atoms with Crippen molar-refractivity contribution >= 4 is 109 Å². The summed E-state index contributed by atoms with van der Waals surface area (Å²) in [7, 11) is 3.25. The molecule has 32 nitrogen and oxygen atoms in total. The summed E-state index contributed by atoms with van der Waals surface area (Å²) in [6.07, 6.45) is 19.0. The molecule has 34 heteroatoms. The maximum atomic E-state index is 14.0. The van der Waals surface area contributed by atoms with E-state index in [0.717, 1.165) is 103 Å². The minimum atomic E-state index is -3.32. The molecule has 8 aliphatic rings. The number of carbonyl (C=O) groups excluding carboxylic acids is 6. The molecule has 730 valence electrons. The number of likely N-dealkylation sites (tertiary alicyclic amines) is 1. The summed E-state index contributed by atoms with van der Waals surface area (Å²) in [4.78, 5) is 131. The maximum absolute atomic E-state index is 14.0. The lowest BCUT2D eigenvalue weighted by Crippen LogP contribution is -2.55. The molecule has 7 aliphatic heterocycles. The van der Waals surface area contributed by atoms with Crippen LogP contribution in [0.3, 0.4) is 0 Å². The number of furan rings is 1. The van der Waals surface area contributed by atoms with Gasteiger partial charge in [-0.25, -0.2) is 33.4 Å². The fourth-order valence-corrected chi connectivity index (χ4v) is 21.9. The standard InChI is InChI=1S/C30H27N5O2.C24H24N4O.C23H19N5O4S.C17H30N4O.C14H15N3O3S/c31-29-34-30(24-12-3-1-4-13-24,25-14-5-2-6-15-25)28(37)35(29)21-22-10-9-11-23(20-22)27(36)33-19-17-26-16-7-8-18-32-26;1-28-22(29)24(27-23(28)26,20-10-3-2-4-11-20)21-12-6-9-19(16-21)18-8-5-7-17(15-18)13-14-25;1-23(19-9-16(12-33-19)15-8-17(28(30)31)11-25-10-15)20(21(29)27(2)22(24)26-23)14-3-4-18-13(7-14)5-6-32-18;1-17(11-15(22)20(2)16(18)19-17)13-7-6-10-21(12-13)14-8-4-3-5-9-14;1-14(8-12(18)17(2)13(15)16-14)10-3-4-11-9(7-10)5-6-21(11,19)20/h1-16,18,20H,17,19,21H2,(H2,31,34)(H,33,36);2-12,15-16H,13-14,25H2,1H3,(H2,26,27);3-12,20H,1-2H3,(H2,24,26);13-14H,3-12H2,1-2H3,(H2,18,19);3-7H,8H2,1-2H3,(H2,15,16)/t;;20?,23-;13?,17-;14-/m..100/s1. The second kappa shape index (κ2) is 41.9. The first-order valence-electron chi connectivity index (χ1n) is 47.1. The number of nitrogens with one attached hydrogen (secondary N) is 1. The normalized spacial score (nSPS) is 21.8. The molecular formula is C108H115N21O11S2. The molecule has 2 fully saturated rings. The number of fused-ring (bicyclic) bond motifs is 2. The average Bonchev–Trinajstić information content (AvgIpc) is 1.36. The fraction of sp³-hybridized carbons (Fsp3) is 0.287. The minimum Gasteiger partial charge on any atom is -0.464 e. The predicted octanol–water partition coefficient (Wildman–Crippen LogP) is 13.6. The van der Waals surface area contributed by atoms with Crippen LogP contribution in [0.15, 0.2) is 307 Å². The van der Waals surface area contributed by atoms with Gasteiger partial charge in [-0.1, -0.05) is 183 Å². The number of amides is 6. The number of thiophene rings is 1. The average molecular weight is 1950 g/mol. The zero-order valence-electron chi connectivity index (χ0n) is 80.1. The number of aliphatic imine (C=N–C) groups is 5. The summed E-state index contributed by atoms with van der Waals surface area (Å²) in [6, 6.07) is 74.3. The number of nitrogens with two attached hydrogens (primary N) is 6. The Bertz CT molecular complexity index is 7050. The number of hydrogen-bond donors (Lipinski definition) is 7. The third-order valence-electron chi connectivity index (χ3n) is 27.8. The van der Waals surface area contributed by atoms with Crippen molar-refractivity contribution in [2.45, 2.75) is 142 Å². The van der Waals surface area contributed by atoms with Crippen LogP contribution in [0.5, 0.6) is 0 Å². The van der Waals surface area contributed by atoms with Crippen LogP contribution in [0.4, 0.5) is 5.69 Å². The molecule has 0 bridgehead atoms. The molecule has 6 amide bonds. The van der Waals surface area contributed by atoms with Gasteiger partial charge in [0, 0.05) is 105 Å². The SMILES string of the molecule is CN1C(=O)C(c2ccc3occc3c2)[C@@](C)(c2cc(-c3cncc([N+](=O)[O-])c3)cs2)N=C1N.CN1C(=O)C(c2ccccc2)(c2cccc(-c3cccc(CCN)c3)c2)N=C1N.CN1C(=O)C[C@@](C)(C2CCCN(C3CCCCC3)C2)N=C1N.CN1C(=O)C[C@@](C)(c2ccc3c(c2)C=CS3(=O)=O)N=C1N.NC1=NC(c2ccccc2)(c2ccccc2)C(=O)N1Cc1cccc(C(=O)NCCc2ccccn2)c1. The Kier molecular flexibility index (Phi) is 29.3. The van der Waals surface area contributed by atoms with Crippen molar-refractivity contribution in [1.29, 1.82) is 0 Å². The van der Waals surface area contributed by atoms with Crippen molar-refractivity contribution < 1.29 is 46.5 Å². The van der Waals surface area contributed by atoms with Crippen molar-refractivity contribution in [2.24, 2.45) is 65.3 Å². The number of aromatic nitrogens is 2. The number of sulfone groups is 1. The van der Waals surface area contributed by atoms with Crippen LogP contribution in [0, 0.1) is 16.0 Å². The fourth-order valence-electron chi connectivity index (χ4n) is 19.7. The number of carbonyl (C=O) groups is 6. The summed E-state index contributed by atoms with van der Waals surface area (Å²) in [5.41, 5.74) is 44.3. The Labute approximate surface area is 828 Å². The number of guanidine groups is 5. The molecule has 8 aromatic carbocycles. The highest BCUT2D eigenvalue weighted by atomic mass is 32.2. The molecule has 0 spiro atoms. The van der Waals surface area contributed by atoms with Crippen molar-refractivity contribution in [1.82, 2.24) is 44.7 Å². The summed E-state index contributed by atoms with van der Waals surface area (Å²) in [6.45, 7) is 9.40. The Morgan fingerprint density at radius 3 is 1.85 bits per heavy atom. The van der Waals surface area contributed by atoms with E-state index in [9.17, 15) is 47.3 Å². The lowest BCUT2D eigenvalue weighted by molar-refractivity contribution is -0.385. The van der Waals surface area contributed by atoms with E-state index in [2.05, 4.69) is 55.3 Å². The number of pyridine rings is 2. The monoisotopic (exact) mass is 1950 g/mol. The van der Waals surface area contributed by atoms with E-state index in [-0.39, 0.29) is 88.4 Å². The molecule has 4 aromatic heterocycles. The van der Waals surface area contributed by atoms with Gasteiger partial charge in [-0.2, -0.15) is 0 Å². The molecule has 12 aromatic rings. The number of piperidine rings is 1. The Balaban J connectivity index is 0.000000130. The predicted molar refractivity (Wildman–Crippen MR) is 551 cm³/mol. The van der Waals surface area contributed by atoms with Crippen LogP contribution in [0.2, 0.25) is 0 Å². The van der Waals surface area contributed by atoms with Crippen LogP contribution in [0.25, 0.3) is 39.3 Å². The van der Waals surface area contributed by atoms with Crippen LogP contribution in [-0.2, 0) is 75.4 Å². The van der Waals surface area contributed by atoms with E-state index < -0.39 is 42.8 Å². The first-order chi connectivity index (χ1) is 68.1. The summed E-state index contributed by atoms with van der Waals surface area (Å²) < 4.78 is 29.0. The molecule has 0 radical (unpaired) electrons. The van der Waals surface area contributed by atoms with Gasteiger partial charge in [0.1, 0.15) is 17.3 Å². The zero-order valence-corrected chi connectivity index (χ0v) is 81.8. The number of benzene rings is 8. The first kappa shape index (κ1) is 99.5. The molecule has 142 heavy (non-hydrogen) atoms. The maximum Gasteiger partial charge on any atom is 0.288 e. The topological polar surface area (TPSA) is 468 Å². The van der Waals surface area contributed by atoms with Crippen LogP contribution < -0.4 is 39.7 Å². The van der Waals surface area contributed by atoms with Gasteiger partial charge in [-0.05, 0) is 217 Å². The molecule has 3 unspecified atom stereocenters. The summed E-state index contributed by atoms with van der Waals surface area (Å²) >= 11 is 1.42. The number of rotatable bonds is 20. The van der Waals surface area contributed by atoms with Gasteiger partial charge in [0.15, 0.2) is 50.7 Å². The number of nitro groups is 1. The van der Waals surface area contributed by atoms with Crippen molar-refractivity contribution in [3.63, 3.8) is 0 Å². The zero-order chi connectivity index (χ0) is 101. The lowest BCUT2D eigenvalue weighted by atomic mass is 9.76. The van der Waals surface area contributed by atoms with E-state index in [0.29, 0.717) is 54.5 Å². The van der Waals surface area contributed by atoms with Crippen molar-refractivity contribution in [3.8, 4) is 22.3 Å². The van der Waals surface area contributed by atoms with E-state index >= 15 is 0 Å². The number of nitrogens with zero attached hydrogens (tertiary/aromatic N) is 14. The van der Waals surface area contributed by atoms with Gasteiger partial charge in [-0.15, -0.1) is 11.3 Å². The molecule has 6 atom stereocenters. The Morgan fingerprint density at radius 1 is 0.563 bits per heavy atom.